The number of hydrogen-bond acceptors (Lipinski definition) is 2. The van der Waals surface area contributed by atoms with E-state index in [1.54, 1.807) is 18.2 Å². The number of aliphatic carboxylic acids is 1. The van der Waals surface area contributed by atoms with Gasteiger partial charge in [-0.2, -0.15) is 0 Å². The van der Waals surface area contributed by atoms with Crippen molar-refractivity contribution in [2.45, 2.75) is 25.7 Å². The lowest BCUT2D eigenvalue weighted by Crippen LogP contribution is -2.12. The largest absolute Gasteiger partial charge is 0.496 e. The molecule has 0 aliphatic carbocycles. The second kappa shape index (κ2) is 5.75. The lowest BCUT2D eigenvalue weighted by Gasteiger charge is -2.15. The van der Waals surface area contributed by atoms with Crippen LogP contribution in [-0.2, 0) is 4.79 Å². The van der Waals surface area contributed by atoms with Gasteiger partial charge in [0.15, 0.2) is 0 Å². The molecule has 3 nitrogen and oxygen atoms in total. The number of methoxy groups -OCH3 is 1. The van der Waals surface area contributed by atoms with Crippen molar-refractivity contribution in [1.82, 2.24) is 0 Å². The van der Waals surface area contributed by atoms with Crippen molar-refractivity contribution in [3.63, 3.8) is 0 Å². The van der Waals surface area contributed by atoms with Crippen LogP contribution in [0.3, 0.4) is 0 Å². The van der Waals surface area contributed by atoms with E-state index in [9.17, 15) is 9.90 Å². The third kappa shape index (κ3) is 2.89. The molecule has 0 bridgehead atoms. The Morgan fingerprint density at radius 1 is 1.56 bits per heavy atom. The quantitative estimate of drug-likeness (QED) is 0.862. The summed E-state index contributed by atoms with van der Waals surface area (Å²) in [4.78, 5) is 11.2. The van der Waals surface area contributed by atoms with Crippen molar-refractivity contribution in [2.75, 3.05) is 7.11 Å². The summed E-state index contributed by atoms with van der Waals surface area (Å²) in [5.74, 6) is -0.827. The van der Waals surface area contributed by atoms with Gasteiger partial charge in [0.2, 0.25) is 0 Å². The molecule has 1 N–H and O–H groups in total. The van der Waals surface area contributed by atoms with E-state index in [0.29, 0.717) is 22.8 Å². The van der Waals surface area contributed by atoms with Gasteiger partial charge in [-0.15, -0.1) is 0 Å². The molecule has 1 atom stereocenters. The zero-order valence-electron chi connectivity index (χ0n) is 9.37. The number of benzene rings is 1. The fourth-order valence-electron chi connectivity index (χ4n) is 1.68. The molecule has 0 fully saturated rings. The fourth-order valence-corrected chi connectivity index (χ4v) is 1.86. The van der Waals surface area contributed by atoms with E-state index in [1.807, 2.05) is 6.92 Å². The van der Waals surface area contributed by atoms with Gasteiger partial charge < -0.3 is 9.84 Å². The van der Waals surface area contributed by atoms with E-state index >= 15 is 0 Å². The minimum atomic E-state index is -0.845. The lowest BCUT2D eigenvalue weighted by molar-refractivity contribution is -0.139. The zero-order valence-corrected chi connectivity index (χ0v) is 10.1. The minimum absolute atomic E-state index is 0.526. The van der Waals surface area contributed by atoms with Gasteiger partial charge in [-0.3, -0.25) is 4.79 Å². The molecular formula is C12H15ClO3. The van der Waals surface area contributed by atoms with Gasteiger partial charge in [-0.05, 0) is 24.6 Å². The van der Waals surface area contributed by atoms with E-state index in [-0.39, 0.29) is 0 Å². The van der Waals surface area contributed by atoms with Gasteiger partial charge >= 0.3 is 5.97 Å². The SMILES string of the molecule is CCCC(C(=O)O)c1cc(Cl)ccc1OC. The van der Waals surface area contributed by atoms with Crippen LogP contribution in [0.15, 0.2) is 18.2 Å². The topological polar surface area (TPSA) is 46.5 Å². The number of carboxylic acids is 1. The Morgan fingerprint density at radius 3 is 2.75 bits per heavy atom. The summed E-state index contributed by atoms with van der Waals surface area (Å²) in [6.45, 7) is 1.95. The van der Waals surface area contributed by atoms with Crippen LogP contribution in [0.1, 0.15) is 31.2 Å². The van der Waals surface area contributed by atoms with Gasteiger partial charge in [-0.25, -0.2) is 0 Å². The van der Waals surface area contributed by atoms with Crippen LogP contribution in [0.5, 0.6) is 5.75 Å². The van der Waals surface area contributed by atoms with Crippen LogP contribution < -0.4 is 4.74 Å². The number of carboxylic acid groups (broad SMARTS) is 1. The van der Waals surface area contributed by atoms with Crippen LogP contribution in [0.2, 0.25) is 5.02 Å². The predicted octanol–water partition coefficient (Wildman–Crippen LogP) is 3.32. The number of hydrogen-bond donors (Lipinski definition) is 1. The normalized spacial score (nSPS) is 12.2. The minimum Gasteiger partial charge on any atom is -0.496 e. The Balaban J connectivity index is 3.15. The molecule has 0 heterocycles. The van der Waals surface area contributed by atoms with Gasteiger partial charge in [0.25, 0.3) is 0 Å². The summed E-state index contributed by atoms with van der Waals surface area (Å²) < 4.78 is 5.16. The van der Waals surface area contributed by atoms with Crippen molar-refractivity contribution in [3.8, 4) is 5.75 Å². The first-order valence-corrected chi connectivity index (χ1v) is 5.54. The number of rotatable bonds is 5. The molecule has 88 valence electrons. The number of ether oxygens (including phenoxy) is 1. The molecule has 4 heteroatoms. The van der Waals surface area contributed by atoms with Gasteiger partial charge in [0.1, 0.15) is 5.75 Å². The Kier molecular flexibility index (Phi) is 4.62. The van der Waals surface area contributed by atoms with E-state index in [1.165, 1.54) is 7.11 Å². The van der Waals surface area contributed by atoms with Crippen molar-refractivity contribution in [1.29, 1.82) is 0 Å². The second-order valence-corrected chi connectivity index (χ2v) is 4.00. The van der Waals surface area contributed by atoms with Crippen LogP contribution in [0.4, 0.5) is 0 Å². The van der Waals surface area contributed by atoms with Gasteiger partial charge in [-0.1, -0.05) is 24.9 Å². The maximum atomic E-state index is 11.2. The maximum Gasteiger partial charge on any atom is 0.311 e. The summed E-state index contributed by atoms with van der Waals surface area (Å²) in [5.41, 5.74) is 0.643. The summed E-state index contributed by atoms with van der Waals surface area (Å²) in [5, 5.41) is 9.70. The Bertz CT molecular complexity index is 377. The average Bonchev–Trinajstić information content (AvgIpc) is 2.25. The molecule has 0 amide bonds. The first-order chi connectivity index (χ1) is 7.60. The highest BCUT2D eigenvalue weighted by molar-refractivity contribution is 6.30. The van der Waals surface area contributed by atoms with E-state index < -0.39 is 11.9 Å². The molecule has 1 aromatic rings. The van der Waals surface area contributed by atoms with Gasteiger partial charge in [0.05, 0.1) is 13.0 Å². The first kappa shape index (κ1) is 12.8. The van der Waals surface area contributed by atoms with E-state index in [4.69, 9.17) is 16.3 Å². The van der Waals surface area contributed by atoms with E-state index in [2.05, 4.69) is 0 Å². The molecule has 0 saturated heterocycles. The Hall–Kier alpha value is -1.22. The molecule has 0 aromatic heterocycles. The average molecular weight is 243 g/mol. The van der Waals surface area contributed by atoms with Crippen molar-refractivity contribution >= 4 is 17.6 Å². The van der Waals surface area contributed by atoms with Crippen molar-refractivity contribution in [2.24, 2.45) is 0 Å². The molecule has 0 radical (unpaired) electrons. The maximum absolute atomic E-state index is 11.2. The highest BCUT2D eigenvalue weighted by Gasteiger charge is 2.22. The molecule has 1 aromatic carbocycles. The molecule has 0 spiro atoms. The highest BCUT2D eigenvalue weighted by Crippen LogP contribution is 2.32. The van der Waals surface area contributed by atoms with Crippen molar-refractivity contribution < 1.29 is 14.6 Å². The molecule has 0 saturated carbocycles. The highest BCUT2D eigenvalue weighted by atomic mass is 35.5. The Morgan fingerprint density at radius 2 is 2.25 bits per heavy atom. The third-order valence-electron chi connectivity index (χ3n) is 2.44. The molecule has 1 rings (SSSR count). The summed E-state index contributed by atoms with van der Waals surface area (Å²) in [6, 6.07) is 5.05. The van der Waals surface area contributed by atoms with Crippen LogP contribution in [0.25, 0.3) is 0 Å². The molecule has 1 unspecified atom stereocenters. The number of halogens is 1. The molecule has 16 heavy (non-hydrogen) atoms. The molecule has 0 aliphatic rings. The van der Waals surface area contributed by atoms with Crippen LogP contribution >= 0.6 is 11.6 Å². The number of carbonyl (C=O) groups is 1. The standard InChI is InChI=1S/C12H15ClO3/c1-3-4-9(12(14)15)10-7-8(13)5-6-11(10)16-2/h5-7,9H,3-4H2,1-2H3,(H,14,15). The Labute approximate surface area is 100.0 Å². The fraction of sp³-hybridized carbons (Fsp3) is 0.417. The smallest absolute Gasteiger partial charge is 0.311 e. The monoisotopic (exact) mass is 242 g/mol. The van der Waals surface area contributed by atoms with Crippen LogP contribution in [0, 0.1) is 0 Å². The van der Waals surface area contributed by atoms with Gasteiger partial charge in [0, 0.05) is 10.6 Å². The van der Waals surface area contributed by atoms with E-state index in [0.717, 1.165) is 6.42 Å². The summed E-state index contributed by atoms with van der Waals surface area (Å²) in [7, 11) is 1.53. The molecule has 0 aliphatic heterocycles. The predicted molar refractivity (Wildman–Crippen MR) is 63.3 cm³/mol. The van der Waals surface area contributed by atoms with Crippen molar-refractivity contribution in [3.05, 3.63) is 28.8 Å². The molecular weight excluding hydrogens is 228 g/mol. The second-order valence-electron chi connectivity index (χ2n) is 3.57. The summed E-state index contributed by atoms with van der Waals surface area (Å²) >= 11 is 5.87. The first-order valence-electron chi connectivity index (χ1n) is 5.16. The zero-order chi connectivity index (χ0) is 12.1. The van der Waals surface area contributed by atoms with Crippen LogP contribution in [-0.4, -0.2) is 18.2 Å². The third-order valence-corrected chi connectivity index (χ3v) is 2.68. The summed E-state index contributed by atoms with van der Waals surface area (Å²) in [6.07, 6.45) is 1.37. The lowest BCUT2D eigenvalue weighted by atomic mass is 9.94.